The zero-order valence-electron chi connectivity index (χ0n) is 11.5. The van der Waals surface area contributed by atoms with E-state index in [-0.39, 0.29) is 6.04 Å². The third-order valence-corrected chi connectivity index (χ3v) is 4.46. The molecule has 0 spiro atoms. The lowest BCUT2D eigenvalue weighted by atomic mass is 10.1. The summed E-state index contributed by atoms with van der Waals surface area (Å²) in [6, 6.07) is 0.493. The van der Waals surface area contributed by atoms with Crippen LogP contribution >= 0.6 is 0 Å². The molecule has 0 saturated heterocycles. The maximum absolute atomic E-state index is 11.5. The number of hydrogen-bond acceptors (Lipinski definition) is 3. The van der Waals surface area contributed by atoms with Gasteiger partial charge < -0.3 is 5.32 Å². The molecule has 0 heterocycles. The quantitative estimate of drug-likeness (QED) is 0.482. The van der Waals surface area contributed by atoms with E-state index < -0.39 is 10.2 Å². The van der Waals surface area contributed by atoms with Gasteiger partial charge in [0.25, 0.3) is 10.2 Å². The SMILES string of the molecule is CC(C)NS(=O)(=O)NCCNC1CCCCCC1. The molecule has 0 amide bonds. The van der Waals surface area contributed by atoms with Crippen molar-refractivity contribution < 1.29 is 8.42 Å². The van der Waals surface area contributed by atoms with Gasteiger partial charge >= 0.3 is 0 Å². The molecule has 5 nitrogen and oxygen atoms in total. The Morgan fingerprint density at radius 2 is 1.67 bits per heavy atom. The molecule has 1 aliphatic carbocycles. The standard InChI is InChI=1S/C12H27N3O2S/c1-11(2)15-18(16,17)14-10-9-13-12-7-5-3-4-6-8-12/h11-15H,3-10H2,1-2H3. The highest BCUT2D eigenvalue weighted by atomic mass is 32.2. The maximum atomic E-state index is 11.5. The molecule has 1 aliphatic rings. The first-order valence-electron chi connectivity index (χ1n) is 7.00. The van der Waals surface area contributed by atoms with Crippen molar-refractivity contribution in [3.8, 4) is 0 Å². The fraction of sp³-hybridized carbons (Fsp3) is 1.00. The average molecular weight is 277 g/mol. The second kappa shape index (κ2) is 8.09. The summed E-state index contributed by atoms with van der Waals surface area (Å²) in [5, 5.41) is 3.43. The van der Waals surface area contributed by atoms with Crippen LogP contribution in [0.25, 0.3) is 0 Å². The van der Waals surface area contributed by atoms with Gasteiger partial charge in [0.1, 0.15) is 0 Å². The first-order valence-corrected chi connectivity index (χ1v) is 8.48. The average Bonchev–Trinajstić information content (AvgIpc) is 2.51. The topological polar surface area (TPSA) is 70.2 Å². The van der Waals surface area contributed by atoms with E-state index in [1.165, 1.54) is 38.5 Å². The minimum atomic E-state index is -3.33. The number of hydrogen-bond donors (Lipinski definition) is 3. The van der Waals surface area contributed by atoms with Crippen LogP contribution in [-0.2, 0) is 10.2 Å². The molecular formula is C12H27N3O2S. The van der Waals surface area contributed by atoms with Crippen LogP contribution in [0.3, 0.4) is 0 Å². The van der Waals surface area contributed by atoms with E-state index in [0.717, 1.165) is 0 Å². The van der Waals surface area contributed by atoms with Crippen molar-refractivity contribution in [1.82, 2.24) is 14.8 Å². The first-order chi connectivity index (χ1) is 8.49. The molecule has 0 aromatic rings. The van der Waals surface area contributed by atoms with Gasteiger partial charge in [-0.1, -0.05) is 25.7 Å². The van der Waals surface area contributed by atoms with Gasteiger partial charge in [0, 0.05) is 25.2 Å². The number of nitrogens with one attached hydrogen (secondary N) is 3. The van der Waals surface area contributed by atoms with Gasteiger partial charge in [0.15, 0.2) is 0 Å². The van der Waals surface area contributed by atoms with E-state index in [1.807, 2.05) is 13.8 Å². The van der Waals surface area contributed by atoms with Crippen molar-refractivity contribution in [2.45, 2.75) is 64.5 Å². The zero-order valence-corrected chi connectivity index (χ0v) is 12.4. The second-order valence-electron chi connectivity index (χ2n) is 5.31. The van der Waals surface area contributed by atoms with Gasteiger partial charge in [-0.3, -0.25) is 0 Å². The first kappa shape index (κ1) is 15.9. The lowest BCUT2D eigenvalue weighted by Gasteiger charge is -2.16. The van der Waals surface area contributed by atoms with E-state index in [0.29, 0.717) is 19.1 Å². The summed E-state index contributed by atoms with van der Waals surface area (Å²) >= 11 is 0. The predicted molar refractivity (Wildman–Crippen MR) is 74.7 cm³/mol. The molecule has 0 aliphatic heterocycles. The van der Waals surface area contributed by atoms with E-state index in [2.05, 4.69) is 14.8 Å². The Morgan fingerprint density at radius 1 is 1.06 bits per heavy atom. The normalized spacial score (nSPS) is 19.1. The van der Waals surface area contributed by atoms with E-state index in [9.17, 15) is 8.42 Å². The molecule has 108 valence electrons. The molecule has 0 atom stereocenters. The van der Waals surface area contributed by atoms with E-state index in [1.54, 1.807) is 0 Å². The van der Waals surface area contributed by atoms with E-state index in [4.69, 9.17) is 0 Å². The van der Waals surface area contributed by atoms with Crippen LogP contribution in [0.1, 0.15) is 52.4 Å². The fourth-order valence-corrected chi connectivity index (χ4v) is 3.37. The minimum Gasteiger partial charge on any atom is -0.313 e. The summed E-state index contributed by atoms with van der Waals surface area (Å²) in [4.78, 5) is 0. The Kier molecular flexibility index (Phi) is 7.14. The lowest BCUT2D eigenvalue weighted by molar-refractivity contribution is 0.460. The van der Waals surface area contributed by atoms with Crippen molar-refractivity contribution in [3.05, 3.63) is 0 Å². The van der Waals surface area contributed by atoms with E-state index >= 15 is 0 Å². The van der Waals surface area contributed by atoms with Crippen LogP contribution in [-0.4, -0.2) is 33.6 Å². The highest BCUT2D eigenvalue weighted by Crippen LogP contribution is 2.16. The van der Waals surface area contributed by atoms with Gasteiger partial charge in [0.05, 0.1) is 0 Å². The van der Waals surface area contributed by atoms with Crippen LogP contribution in [0.5, 0.6) is 0 Å². The molecule has 0 bridgehead atoms. The predicted octanol–water partition coefficient (Wildman–Crippen LogP) is 1.13. The Labute approximate surface area is 111 Å². The van der Waals surface area contributed by atoms with Crippen molar-refractivity contribution in [1.29, 1.82) is 0 Å². The smallest absolute Gasteiger partial charge is 0.277 e. The number of rotatable bonds is 7. The Morgan fingerprint density at radius 3 is 2.22 bits per heavy atom. The van der Waals surface area contributed by atoms with Gasteiger partial charge in [-0.15, -0.1) is 0 Å². The Bertz CT molecular complexity index is 309. The van der Waals surface area contributed by atoms with Gasteiger partial charge in [0.2, 0.25) is 0 Å². The van der Waals surface area contributed by atoms with Crippen LogP contribution in [0.2, 0.25) is 0 Å². The monoisotopic (exact) mass is 277 g/mol. The van der Waals surface area contributed by atoms with Crippen LogP contribution < -0.4 is 14.8 Å². The molecule has 1 rings (SSSR count). The lowest BCUT2D eigenvalue weighted by Crippen LogP contribution is -2.43. The minimum absolute atomic E-state index is 0.0719. The summed E-state index contributed by atoms with van der Waals surface area (Å²) < 4.78 is 28.0. The third kappa shape index (κ3) is 7.31. The third-order valence-electron chi connectivity index (χ3n) is 3.10. The molecule has 0 radical (unpaired) electrons. The molecule has 18 heavy (non-hydrogen) atoms. The van der Waals surface area contributed by atoms with Crippen molar-refractivity contribution in [2.24, 2.45) is 0 Å². The molecule has 1 saturated carbocycles. The largest absolute Gasteiger partial charge is 0.313 e. The summed E-state index contributed by atoms with van der Waals surface area (Å²) in [6.45, 7) is 4.76. The van der Waals surface area contributed by atoms with Crippen LogP contribution in [0.4, 0.5) is 0 Å². The molecule has 0 unspecified atom stereocenters. The molecule has 6 heteroatoms. The fourth-order valence-electron chi connectivity index (χ4n) is 2.30. The van der Waals surface area contributed by atoms with Crippen molar-refractivity contribution >= 4 is 10.2 Å². The Balaban J connectivity index is 2.13. The highest BCUT2D eigenvalue weighted by molar-refractivity contribution is 7.87. The van der Waals surface area contributed by atoms with Crippen LogP contribution in [0, 0.1) is 0 Å². The van der Waals surface area contributed by atoms with Gasteiger partial charge in [-0.2, -0.15) is 13.1 Å². The van der Waals surface area contributed by atoms with Crippen molar-refractivity contribution in [2.75, 3.05) is 13.1 Å². The molecular weight excluding hydrogens is 250 g/mol. The highest BCUT2D eigenvalue weighted by Gasteiger charge is 2.12. The molecule has 0 aromatic heterocycles. The van der Waals surface area contributed by atoms with Crippen molar-refractivity contribution in [3.63, 3.8) is 0 Å². The zero-order chi connectivity index (χ0) is 13.4. The van der Waals surface area contributed by atoms with Gasteiger partial charge in [-0.05, 0) is 26.7 Å². The molecule has 0 aromatic carbocycles. The van der Waals surface area contributed by atoms with Gasteiger partial charge in [-0.25, -0.2) is 4.72 Å². The summed E-state index contributed by atoms with van der Waals surface area (Å²) in [7, 11) is -3.33. The summed E-state index contributed by atoms with van der Waals surface area (Å²) in [6.07, 6.45) is 7.69. The second-order valence-corrected chi connectivity index (χ2v) is 6.84. The van der Waals surface area contributed by atoms with Crippen LogP contribution in [0.15, 0.2) is 0 Å². The molecule has 3 N–H and O–H groups in total. The Hall–Kier alpha value is -0.170. The summed E-state index contributed by atoms with van der Waals surface area (Å²) in [5.74, 6) is 0. The summed E-state index contributed by atoms with van der Waals surface area (Å²) in [5.41, 5.74) is 0. The maximum Gasteiger partial charge on any atom is 0.277 e. The molecule has 1 fully saturated rings.